The number of hydrogen-bond donors (Lipinski definition) is 1. The Morgan fingerprint density at radius 1 is 1.00 bits per heavy atom. The summed E-state index contributed by atoms with van der Waals surface area (Å²) in [6.45, 7) is 6.17. The fourth-order valence-electron chi connectivity index (χ4n) is 5.22. The zero-order valence-electron chi connectivity index (χ0n) is 19.0. The Bertz CT molecular complexity index is 1090. The molecule has 2 heterocycles. The molecule has 0 radical (unpaired) electrons. The summed E-state index contributed by atoms with van der Waals surface area (Å²) in [5, 5.41) is 4.43. The summed E-state index contributed by atoms with van der Waals surface area (Å²) in [6, 6.07) is 18.5. The highest BCUT2D eigenvalue weighted by atomic mass is 32.1. The molecular weight excluding hydrogens is 428 g/mol. The van der Waals surface area contributed by atoms with Gasteiger partial charge in [0.15, 0.2) is 0 Å². The molecule has 2 aromatic carbocycles. The number of nitrogens with one attached hydrogen (secondary N) is 1. The first kappa shape index (κ1) is 22.1. The van der Waals surface area contributed by atoms with E-state index in [9.17, 15) is 4.79 Å². The van der Waals surface area contributed by atoms with Crippen molar-refractivity contribution in [3.8, 4) is 0 Å². The van der Waals surface area contributed by atoms with E-state index in [-0.39, 0.29) is 5.91 Å². The molecule has 2 atom stereocenters. The van der Waals surface area contributed by atoms with Gasteiger partial charge in [-0.1, -0.05) is 48.9 Å². The lowest BCUT2D eigenvalue weighted by Crippen LogP contribution is -2.48. The Morgan fingerprint density at radius 2 is 1.76 bits per heavy atom. The third-order valence-electron chi connectivity index (χ3n) is 7.10. The zero-order valence-corrected chi connectivity index (χ0v) is 19.8. The molecule has 172 valence electrons. The predicted octanol–water partition coefficient (Wildman–Crippen LogP) is 4.66. The summed E-state index contributed by atoms with van der Waals surface area (Å²) >= 11 is 1.60. The Kier molecular flexibility index (Phi) is 7.03. The van der Waals surface area contributed by atoms with E-state index in [4.69, 9.17) is 4.37 Å². The Balaban J connectivity index is 1.09. The number of hydrogen-bond acceptors (Lipinski definition) is 5. The first-order valence-corrected chi connectivity index (χ1v) is 12.9. The summed E-state index contributed by atoms with van der Waals surface area (Å²) in [5.41, 5.74) is 1.05. The van der Waals surface area contributed by atoms with E-state index in [0.29, 0.717) is 11.8 Å². The molecule has 1 aliphatic heterocycles. The van der Waals surface area contributed by atoms with Gasteiger partial charge >= 0.3 is 0 Å². The quantitative estimate of drug-likeness (QED) is 0.521. The van der Waals surface area contributed by atoms with Crippen molar-refractivity contribution in [1.82, 2.24) is 14.6 Å². The molecule has 1 amide bonds. The van der Waals surface area contributed by atoms with Crippen molar-refractivity contribution in [2.75, 3.05) is 44.2 Å². The van der Waals surface area contributed by atoms with Gasteiger partial charge in [-0.15, -0.1) is 0 Å². The summed E-state index contributed by atoms with van der Waals surface area (Å²) < 4.78 is 6.01. The third kappa shape index (κ3) is 5.45. The lowest BCUT2D eigenvalue weighted by atomic mass is 9.95. The smallest absolute Gasteiger partial charge is 0.244 e. The minimum atomic E-state index is 0.00797. The Morgan fingerprint density at radius 3 is 2.61 bits per heavy atom. The normalized spacial score (nSPS) is 21.8. The molecule has 6 heteroatoms. The second-order valence-electron chi connectivity index (χ2n) is 9.23. The number of carbonyl (C=O) groups excluding carboxylic acids is 1. The van der Waals surface area contributed by atoms with Crippen LogP contribution in [0.5, 0.6) is 0 Å². The van der Waals surface area contributed by atoms with Crippen LogP contribution in [0.25, 0.3) is 16.2 Å². The highest BCUT2D eigenvalue weighted by Crippen LogP contribution is 2.33. The molecule has 1 aliphatic carbocycles. The van der Waals surface area contributed by atoms with Crippen LogP contribution < -0.4 is 10.2 Å². The number of benzene rings is 2. The molecule has 0 unspecified atom stereocenters. The van der Waals surface area contributed by atoms with Gasteiger partial charge in [0.2, 0.25) is 5.91 Å². The minimum Gasteiger partial charge on any atom is -0.353 e. The number of aromatic nitrogens is 1. The van der Waals surface area contributed by atoms with Gasteiger partial charge in [-0.2, -0.15) is 4.37 Å². The van der Waals surface area contributed by atoms with Crippen LogP contribution in [0.1, 0.15) is 24.8 Å². The van der Waals surface area contributed by atoms with Crippen LogP contribution in [-0.4, -0.2) is 54.4 Å². The number of amides is 1. The molecule has 2 aliphatic rings. The Hall–Kier alpha value is -2.70. The van der Waals surface area contributed by atoms with E-state index >= 15 is 0 Å². The second-order valence-corrected chi connectivity index (χ2v) is 10.0. The van der Waals surface area contributed by atoms with Crippen LogP contribution in [-0.2, 0) is 4.79 Å². The maximum absolute atomic E-state index is 12.3. The molecule has 33 heavy (non-hydrogen) atoms. The summed E-state index contributed by atoms with van der Waals surface area (Å²) in [5.74, 6) is 2.42. The molecular formula is C27H32N4OS. The summed E-state index contributed by atoms with van der Waals surface area (Å²) in [4.78, 5) is 17.4. The number of fused-ring (bicyclic) bond motifs is 1. The molecule has 1 aromatic heterocycles. The van der Waals surface area contributed by atoms with Crippen molar-refractivity contribution in [1.29, 1.82) is 0 Å². The van der Waals surface area contributed by atoms with Gasteiger partial charge in [0.05, 0.1) is 4.70 Å². The largest absolute Gasteiger partial charge is 0.353 e. The van der Waals surface area contributed by atoms with E-state index in [2.05, 4.69) is 39.4 Å². The average Bonchev–Trinajstić information content (AvgIpc) is 3.49. The lowest BCUT2D eigenvalue weighted by molar-refractivity contribution is -0.116. The van der Waals surface area contributed by atoms with Gasteiger partial charge in [0, 0.05) is 50.7 Å². The number of nitrogens with zero attached hydrogens (tertiary/aromatic N) is 3. The first-order valence-electron chi connectivity index (χ1n) is 12.1. The van der Waals surface area contributed by atoms with Gasteiger partial charge < -0.3 is 10.2 Å². The summed E-state index contributed by atoms with van der Waals surface area (Å²) in [6.07, 6.45) is 7.30. The van der Waals surface area contributed by atoms with E-state index < -0.39 is 0 Å². The molecule has 3 aromatic rings. The number of rotatable bonds is 7. The highest BCUT2D eigenvalue weighted by molar-refractivity contribution is 7.13. The molecule has 5 rings (SSSR count). The highest BCUT2D eigenvalue weighted by Gasteiger charge is 2.30. The minimum absolute atomic E-state index is 0.00797. The van der Waals surface area contributed by atoms with E-state index in [0.717, 1.165) is 50.6 Å². The number of carbonyl (C=O) groups is 1. The van der Waals surface area contributed by atoms with Crippen molar-refractivity contribution < 1.29 is 4.79 Å². The van der Waals surface area contributed by atoms with Gasteiger partial charge in [0.1, 0.15) is 5.82 Å². The number of anilines is 1. The van der Waals surface area contributed by atoms with Gasteiger partial charge in [-0.3, -0.25) is 9.69 Å². The van der Waals surface area contributed by atoms with Crippen molar-refractivity contribution >= 4 is 39.4 Å². The van der Waals surface area contributed by atoms with E-state index in [1.807, 2.05) is 36.4 Å². The molecule has 0 spiro atoms. The maximum atomic E-state index is 12.3. The Labute approximate surface area is 200 Å². The van der Waals surface area contributed by atoms with Crippen LogP contribution in [0.4, 0.5) is 5.82 Å². The average molecular weight is 461 g/mol. The molecule has 1 N–H and O–H groups in total. The van der Waals surface area contributed by atoms with Crippen LogP contribution in [0.2, 0.25) is 0 Å². The van der Waals surface area contributed by atoms with E-state index in [1.165, 1.54) is 29.3 Å². The van der Waals surface area contributed by atoms with E-state index in [1.54, 1.807) is 17.6 Å². The first-order chi connectivity index (χ1) is 16.3. The second kappa shape index (κ2) is 10.5. The molecule has 1 saturated heterocycles. The van der Waals surface area contributed by atoms with Crippen LogP contribution in [0.3, 0.4) is 0 Å². The molecule has 2 fully saturated rings. The summed E-state index contributed by atoms with van der Waals surface area (Å²) in [7, 11) is 0. The number of piperazine rings is 1. The van der Waals surface area contributed by atoms with Gasteiger partial charge in [-0.25, -0.2) is 0 Å². The van der Waals surface area contributed by atoms with Crippen molar-refractivity contribution in [2.45, 2.75) is 19.3 Å². The zero-order chi connectivity index (χ0) is 22.5. The fourth-order valence-corrected chi connectivity index (χ4v) is 6.02. The monoisotopic (exact) mass is 460 g/mol. The van der Waals surface area contributed by atoms with Crippen LogP contribution in [0.15, 0.2) is 60.7 Å². The molecule has 1 saturated carbocycles. The van der Waals surface area contributed by atoms with Gasteiger partial charge in [0.25, 0.3) is 0 Å². The molecule has 5 nitrogen and oxygen atoms in total. The third-order valence-corrected chi connectivity index (χ3v) is 7.92. The standard InChI is InChI=1S/C27H32N4OS/c32-26(14-13-21-7-2-1-3-8-21)28-19-22-9-6-10-23(22)20-30-15-17-31(18-16-30)27-24-11-4-5-12-25(24)33-29-27/h1-5,7-8,11-14,22-23H,6,9-10,15-20H2,(H,28,32)/t22-,23-/m1/s1. The van der Waals surface area contributed by atoms with Crippen molar-refractivity contribution in [3.05, 3.63) is 66.2 Å². The van der Waals surface area contributed by atoms with Crippen molar-refractivity contribution in [2.24, 2.45) is 11.8 Å². The van der Waals surface area contributed by atoms with Crippen LogP contribution in [0, 0.1) is 11.8 Å². The maximum Gasteiger partial charge on any atom is 0.244 e. The topological polar surface area (TPSA) is 48.5 Å². The van der Waals surface area contributed by atoms with Crippen LogP contribution >= 0.6 is 11.5 Å². The SMILES string of the molecule is O=C(C=Cc1ccccc1)NC[C@H]1CCC[C@@H]1CN1CCN(c2nsc3ccccc23)CC1. The lowest BCUT2D eigenvalue weighted by Gasteiger charge is -2.37. The molecule has 0 bridgehead atoms. The van der Waals surface area contributed by atoms with Crippen molar-refractivity contribution in [3.63, 3.8) is 0 Å². The fraction of sp³-hybridized carbons (Fsp3) is 0.407. The van der Waals surface area contributed by atoms with Gasteiger partial charge in [-0.05, 0) is 60.0 Å². The predicted molar refractivity (Wildman–Crippen MR) is 138 cm³/mol.